The van der Waals surface area contributed by atoms with Crippen LogP contribution >= 0.6 is 11.3 Å². The highest BCUT2D eigenvalue weighted by Crippen LogP contribution is 2.32. The Morgan fingerprint density at radius 3 is 3.20 bits per heavy atom. The van der Waals surface area contributed by atoms with Crippen molar-refractivity contribution in [2.45, 2.75) is 32.6 Å². The number of para-hydroxylation sites is 1. The number of nitrogens with one attached hydrogen (secondary N) is 3. The van der Waals surface area contributed by atoms with E-state index in [4.69, 9.17) is 0 Å². The summed E-state index contributed by atoms with van der Waals surface area (Å²) < 4.78 is 0. The Labute approximate surface area is 150 Å². The molecule has 1 aliphatic rings. The molecule has 2 aromatic heterocycles. The molecule has 0 saturated carbocycles. The minimum Gasteiger partial charge on any atom is -0.361 e. The molecular formula is C19H22N4OS. The molecule has 0 saturated heterocycles. The fraction of sp³-hybridized carbons (Fsp3) is 0.368. The quantitative estimate of drug-likeness (QED) is 0.660. The van der Waals surface area contributed by atoms with Crippen LogP contribution in [0.2, 0.25) is 0 Å². The molecule has 25 heavy (non-hydrogen) atoms. The first kappa shape index (κ1) is 16.1. The largest absolute Gasteiger partial charge is 0.361 e. The van der Waals surface area contributed by atoms with E-state index in [2.05, 4.69) is 39.7 Å². The van der Waals surface area contributed by atoms with Crippen molar-refractivity contribution < 1.29 is 4.79 Å². The van der Waals surface area contributed by atoms with Crippen LogP contribution in [-0.2, 0) is 19.3 Å². The fourth-order valence-electron chi connectivity index (χ4n) is 3.38. The van der Waals surface area contributed by atoms with Crippen LogP contribution in [0.4, 0.5) is 9.93 Å². The van der Waals surface area contributed by atoms with Crippen molar-refractivity contribution in [1.82, 2.24) is 15.3 Å². The van der Waals surface area contributed by atoms with Gasteiger partial charge >= 0.3 is 6.03 Å². The highest BCUT2D eigenvalue weighted by atomic mass is 32.1. The Bertz CT molecular complexity index is 898. The highest BCUT2D eigenvalue weighted by molar-refractivity contribution is 7.15. The minimum atomic E-state index is -0.181. The Morgan fingerprint density at radius 2 is 2.28 bits per heavy atom. The second-order valence-electron chi connectivity index (χ2n) is 6.73. The SMILES string of the molecule is C[C@H]1CCc2nc(NC(=O)NCCc3c[nH]c4ccccc34)sc2C1. The molecule has 1 aliphatic carbocycles. The summed E-state index contributed by atoms with van der Waals surface area (Å²) in [6, 6.07) is 8.03. The van der Waals surface area contributed by atoms with Crippen molar-refractivity contribution in [3.8, 4) is 0 Å². The topological polar surface area (TPSA) is 69.8 Å². The molecule has 2 amide bonds. The van der Waals surface area contributed by atoms with Gasteiger partial charge in [0.1, 0.15) is 0 Å². The maximum atomic E-state index is 12.1. The van der Waals surface area contributed by atoms with Gasteiger partial charge in [0.25, 0.3) is 0 Å². The molecule has 0 radical (unpaired) electrons. The van der Waals surface area contributed by atoms with Gasteiger partial charge in [0, 0.05) is 28.5 Å². The summed E-state index contributed by atoms with van der Waals surface area (Å²) in [6.07, 6.45) is 6.10. The fourth-order valence-corrected chi connectivity index (χ4v) is 4.55. The summed E-state index contributed by atoms with van der Waals surface area (Å²) >= 11 is 1.61. The van der Waals surface area contributed by atoms with Crippen LogP contribution in [-0.4, -0.2) is 22.5 Å². The average molecular weight is 354 g/mol. The van der Waals surface area contributed by atoms with Gasteiger partial charge in [0.2, 0.25) is 0 Å². The Balaban J connectivity index is 1.31. The van der Waals surface area contributed by atoms with E-state index in [0.29, 0.717) is 17.6 Å². The van der Waals surface area contributed by atoms with Crippen molar-refractivity contribution in [3.05, 3.63) is 46.6 Å². The van der Waals surface area contributed by atoms with Crippen LogP contribution in [0.25, 0.3) is 10.9 Å². The third-order valence-corrected chi connectivity index (χ3v) is 5.80. The standard InChI is InChI=1S/C19H22N4OS/c1-12-6-7-16-17(10-12)25-19(22-16)23-18(24)20-9-8-13-11-21-15-5-3-2-4-14(13)15/h2-5,11-12,21H,6-10H2,1H3,(H2,20,22,23,24)/t12-/m0/s1. The summed E-state index contributed by atoms with van der Waals surface area (Å²) in [7, 11) is 0. The van der Waals surface area contributed by atoms with Gasteiger partial charge in [0.15, 0.2) is 5.13 Å². The molecule has 2 heterocycles. The van der Waals surface area contributed by atoms with Gasteiger partial charge in [-0.2, -0.15) is 0 Å². The van der Waals surface area contributed by atoms with Crippen molar-refractivity contribution in [2.24, 2.45) is 5.92 Å². The predicted octanol–water partition coefficient (Wildman–Crippen LogP) is 4.11. The number of thiazole rings is 1. The number of H-pyrrole nitrogens is 1. The molecule has 6 heteroatoms. The molecule has 0 spiro atoms. The number of aryl methyl sites for hydroxylation is 1. The Kier molecular flexibility index (Phi) is 4.44. The molecule has 4 rings (SSSR count). The van der Waals surface area contributed by atoms with Crippen LogP contribution in [0, 0.1) is 5.92 Å². The summed E-state index contributed by atoms with van der Waals surface area (Å²) in [4.78, 5) is 21.3. The van der Waals surface area contributed by atoms with Gasteiger partial charge in [-0.1, -0.05) is 25.1 Å². The number of aromatic nitrogens is 2. The van der Waals surface area contributed by atoms with Crippen molar-refractivity contribution in [1.29, 1.82) is 0 Å². The number of anilines is 1. The van der Waals surface area contributed by atoms with E-state index >= 15 is 0 Å². The summed E-state index contributed by atoms with van der Waals surface area (Å²) in [5.41, 5.74) is 3.51. The van der Waals surface area contributed by atoms with Gasteiger partial charge in [-0.3, -0.25) is 5.32 Å². The normalized spacial score (nSPS) is 16.6. The Hall–Kier alpha value is -2.34. The maximum Gasteiger partial charge on any atom is 0.321 e. The molecular weight excluding hydrogens is 332 g/mol. The molecule has 0 aliphatic heterocycles. The van der Waals surface area contributed by atoms with Gasteiger partial charge in [-0.15, -0.1) is 11.3 Å². The lowest BCUT2D eigenvalue weighted by atomic mass is 9.93. The smallest absolute Gasteiger partial charge is 0.321 e. The number of benzene rings is 1. The highest BCUT2D eigenvalue weighted by Gasteiger charge is 2.20. The lowest BCUT2D eigenvalue weighted by molar-refractivity contribution is 0.252. The first-order valence-corrected chi connectivity index (χ1v) is 9.59. The maximum absolute atomic E-state index is 12.1. The molecule has 0 bridgehead atoms. The van der Waals surface area contributed by atoms with Gasteiger partial charge < -0.3 is 10.3 Å². The molecule has 3 aromatic rings. The monoisotopic (exact) mass is 354 g/mol. The van der Waals surface area contributed by atoms with Crippen LogP contribution < -0.4 is 10.6 Å². The second-order valence-corrected chi connectivity index (χ2v) is 7.81. The van der Waals surface area contributed by atoms with E-state index in [1.807, 2.05) is 18.3 Å². The van der Waals surface area contributed by atoms with Crippen LogP contribution in [0.1, 0.15) is 29.5 Å². The van der Waals surface area contributed by atoms with Gasteiger partial charge in [-0.25, -0.2) is 9.78 Å². The Morgan fingerprint density at radius 1 is 1.40 bits per heavy atom. The van der Waals surface area contributed by atoms with Crippen molar-refractivity contribution in [3.63, 3.8) is 0 Å². The number of amides is 2. The van der Waals surface area contributed by atoms with Crippen molar-refractivity contribution in [2.75, 3.05) is 11.9 Å². The zero-order valence-corrected chi connectivity index (χ0v) is 15.1. The second kappa shape index (κ2) is 6.88. The molecule has 1 aromatic carbocycles. The molecule has 1 atom stereocenters. The van der Waals surface area contributed by atoms with Gasteiger partial charge in [-0.05, 0) is 43.2 Å². The number of fused-ring (bicyclic) bond motifs is 2. The van der Waals surface area contributed by atoms with E-state index < -0.39 is 0 Å². The predicted molar refractivity (Wildman–Crippen MR) is 102 cm³/mol. The average Bonchev–Trinajstić information content (AvgIpc) is 3.18. The third-order valence-electron chi connectivity index (χ3n) is 4.76. The number of carbonyl (C=O) groups excluding carboxylic acids is 1. The van der Waals surface area contributed by atoms with Gasteiger partial charge in [0.05, 0.1) is 5.69 Å². The number of urea groups is 1. The number of aromatic amines is 1. The first-order valence-electron chi connectivity index (χ1n) is 8.77. The third kappa shape index (κ3) is 3.54. The summed E-state index contributed by atoms with van der Waals surface area (Å²) in [6.45, 7) is 2.86. The first-order chi connectivity index (χ1) is 12.2. The molecule has 0 unspecified atom stereocenters. The summed E-state index contributed by atoms with van der Waals surface area (Å²) in [5, 5.41) is 7.73. The van der Waals surface area contributed by atoms with Crippen molar-refractivity contribution >= 4 is 33.4 Å². The van der Waals surface area contributed by atoms with E-state index in [0.717, 1.165) is 30.5 Å². The lowest BCUT2D eigenvalue weighted by Crippen LogP contribution is -2.30. The zero-order chi connectivity index (χ0) is 17.2. The van der Waals surface area contributed by atoms with E-state index in [1.165, 1.54) is 22.2 Å². The number of hydrogen-bond donors (Lipinski definition) is 3. The number of hydrogen-bond acceptors (Lipinski definition) is 3. The molecule has 130 valence electrons. The summed E-state index contributed by atoms with van der Waals surface area (Å²) in [5.74, 6) is 0.714. The molecule has 3 N–H and O–H groups in total. The van der Waals surface area contributed by atoms with E-state index in [-0.39, 0.29) is 6.03 Å². The lowest BCUT2D eigenvalue weighted by Gasteiger charge is -2.15. The van der Waals surface area contributed by atoms with E-state index in [9.17, 15) is 4.79 Å². The number of carbonyl (C=O) groups is 1. The van der Waals surface area contributed by atoms with Crippen LogP contribution in [0.5, 0.6) is 0 Å². The van der Waals surface area contributed by atoms with Crippen LogP contribution in [0.15, 0.2) is 30.5 Å². The molecule has 0 fully saturated rings. The minimum absolute atomic E-state index is 0.181. The molecule has 5 nitrogen and oxygen atoms in total. The zero-order valence-electron chi connectivity index (χ0n) is 14.3. The van der Waals surface area contributed by atoms with E-state index in [1.54, 1.807) is 11.3 Å². The van der Waals surface area contributed by atoms with Crippen LogP contribution in [0.3, 0.4) is 0 Å². The number of rotatable bonds is 4. The number of nitrogens with zero attached hydrogens (tertiary/aromatic N) is 1.